The van der Waals surface area contributed by atoms with Crippen LogP contribution >= 0.6 is 0 Å². The quantitative estimate of drug-likeness (QED) is 0.555. The van der Waals surface area contributed by atoms with Crippen LogP contribution in [0.2, 0.25) is 0 Å². The molecule has 0 spiro atoms. The molecule has 0 aliphatic carbocycles. The lowest BCUT2D eigenvalue weighted by molar-refractivity contribution is -0.125. The van der Waals surface area contributed by atoms with Crippen molar-refractivity contribution in [2.75, 3.05) is 20.8 Å². The summed E-state index contributed by atoms with van der Waals surface area (Å²) in [6.45, 7) is 7.07. The summed E-state index contributed by atoms with van der Waals surface area (Å²) in [6, 6.07) is 4.21. The monoisotopic (exact) mass is 369 g/mol. The van der Waals surface area contributed by atoms with Crippen LogP contribution in [0, 0.1) is 25.2 Å². The van der Waals surface area contributed by atoms with Gasteiger partial charge in [0.2, 0.25) is 0 Å². The maximum Gasteiger partial charge on any atom is 0.264 e. The highest BCUT2D eigenvalue weighted by Gasteiger charge is 2.18. The van der Waals surface area contributed by atoms with Gasteiger partial charge < -0.3 is 14.2 Å². The van der Waals surface area contributed by atoms with Crippen LogP contribution in [0.4, 0.5) is 0 Å². The van der Waals surface area contributed by atoms with Crippen molar-refractivity contribution in [2.45, 2.75) is 33.4 Å². The van der Waals surface area contributed by atoms with Crippen LogP contribution in [-0.4, -0.2) is 45.9 Å². The second-order valence-corrected chi connectivity index (χ2v) is 6.85. The molecule has 0 N–H and O–H groups in total. The average molecular weight is 369 g/mol. The Morgan fingerprint density at radius 2 is 2.19 bits per heavy atom. The topological polar surface area (TPSA) is 76.1 Å². The Kier molecular flexibility index (Phi) is 6.59. The van der Waals surface area contributed by atoms with Crippen LogP contribution in [0.15, 0.2) is 24.0 Å². The largest absolute Gasteiger partial charge is 0.383 e. The molecular formula is C20H27N5O2. The second kappa shape index (κ2) is 8.69. The maximum atomic E-state index is 12.7. The molecule has 0 aliphatic rings. The zero-order valence-electron chi connectivity index (χ0n) is 16.9. The second-order valence-electron chi connectivity index (χ2n) is 6.85. The zero-order valence-corrected chi connectivity index (χ0v) is 16.9. The van der Waals surface area contributed by atoms with E-state index >= 15 is 0 Å². The molecule has 27 heavy (non-hydrogen) atoms. The van der Waals surface area contributed by atoms with Gasteiger partial charge in [0, 0.05) is 50.9 Å². The van der Waals surface area contributed by atoms with Gasteiger partial charge in [0.15, 0.2) is 0 Å². The lowest BCUT2D eigenvalue weighted by atomic mass is 10.1. The van der Waals surface area contributed by atoms with Gasteiger partial charge in [-0.05, 0) is 38.5 Å². The highest BCUT2D eigenvalue weighted by atomic mass is 16.5. The number of hydrogen-bond acceptors (Lipinski definition) is 4. The predicted molar refractivity (Wildman–Crippen MR) is 104 cm³/mol. The molecule has 0 saturated carbocycles. The number of nitriles is 1. The van der Waals surface area contributed by atoms with E-state index in [0.29, 0.717) is 13.2 Å². The molecule has 2 heterocycles. The van der Waals surface area contributed by atoms with Gasteiger partial charge in [-0.3, -0.25) is 9.48 Å². The Labute approximate surface area is 160 Å². The normalized spacial score (nSPS) is 12.7. The van der Waals surface area contributed by atoms with Gasteiger partial charge in [-0.15, -0.1) is 0 Å². The van der Waals surface area contributed by atoms with E-state index in [4.69, 9.17) is 4.74 Å². The fourth-order valence-corrected chi connectivity index (χ4v) is 3.34. The van der Waals surface area contributed by atoms with Crippen molar-refractivity contribution in [3.05, 3.63) is 46.5 Å². The van der Waals surface area contributed by atoms with Crippen LogP contribution < -0.4 is 0 Å². The van der Waals surface area contributed by atoms with E-state index in [0.717, 1.165) is 22.5 Å². The van der Waals surface area contributed by atoms with Gasteiger partial charge in [-0.2, -0.15) is 10.4 Å². The van der Waals surface area contributed by atoms with Crippen molar-refractivity contribution >= 4 is 12.0 Å². The van der Waals surface area contributed by atoms with E-state index < -0.39 is 0 Å². The van der Waals surface area contributed by atoms with Crippen LogP contribution in [0.25, 0.3) is 6.08 Å². The number of methoxy groups -OCH3 is 1. The van der Waals surface area contributed by atoms with Crippen molar-refractivity contribution in [2.24, 2.45) is 7.05 Å². The lowest BCUT2D eigenvalue weighted by Gasteiger charge is -2.18. The number of aromatic nitrogens is 3. The first-order valence-electron chi connectivity index (χ1n) is 8.80. The first-order chi connectivity index (χ1) is 12.8. The Morgan fingerprint density at radius 3 is 2.74 bits per heavy atom. The molecule has 7 heteroatoms. The molecule has 7 nitrogen and oxygen atoms in total. The van der Waals surface area contributed by atoms with Crippen LogP contribution in [0.1, 0.15) is 35.5 Å². The third-order valence-corrected chi connectivity index (χ3v) is 4.55. The molecule has 0 aromatic carbocycles. The van der Waals surface area contributed by atoms with E-state index in [1.807, 2.05) is 39.2 Å². The summed E-state index contributed by atoms with van der Waals surface area (Å²) in [7, 11) is 5.19. The molecule has 1 unspecified atom stereocenters. The van der Waals surface area contributed by atoms with Crippen LogP contribution in [0.3, 0.4) is 0 Å². The summed E-state index contributed by atoms with van der Waals surface area (Å²) >= 11 is 0. The van der Waals surface area contributed by atoms with Crippen molar-refractivity contribution in [3.63, 3.8) is 0 Å². The first kappa shape index (κ1) is 20.5. The molecule has 0 fully saturated rings. The molecule has 0 saturated heterocycles. The van der Waals surface area contributed by atoms with Crippen LogP contribution in [-0.2, 0) is 23.1 Å². The molecule has 2 aromatic rings. The number of likely N-dealkylation sites (N-methyl/N-ethyl adjacent to an activating group) is 1. The third-order valence-electron chi connectivity index (χ3n) is 4.55. The Morgan fingerprint density at radius 1 is 1.48 bits per heavy atom. The number of aryl methyl sites for hydroxylation is 2. The summed E-state index contributed by atoms with van der Waals surface area (Å²) in [5.41, 5.74) is 3.97. The third kappa shape index (κ3) is 4.66. The smallest absolute Gasteiger partial charge is 0.264 e. The summed E-state index contributed by atoms with van der Waals surface area (Å²) in [5, 5.41) is 13.6. The molecular weight excluding hydrogens is 342 g/mol. The summed E-state index contributed by atoms with van der Waals surface area (Å²) in [4.78, 5) is 14.2. The minimum Gasteiger partial charge on any atom is -0.383 e. The van der Waals surface area contributed by atoms with E-state index in [9.17, 15) is 10.1 Å². The fraction of sp³-hybridized carbons (Fsp3) is 0.450. The SMILES string of the molecule is COCC(C)n1c(C)cc(/C=C(/C#N)C(=O)N(C)Cc2cnn(C)c2)c1C. The van der Waals surface area contributed by atoms with Crippen LogP contribution in [0.5, 0.6) is 0 Å². The van der Waals surface area contributed by atoms with Gasteiger partial charge in [0.05, 0.1) is 18.8 Å². The minimum atomic E-state index is -0.309. The summed E-state index contributed by atoms with van der Waals surface area (Å²) in [5.74, 6) is -0.309. The molecule has 0 radical (unpaired) electrons. The van der Waals surface area contributed by atoms with Crippen molar-refractivity contribution in [3.8, 4) is 6.07 Å². The Hall–Kier alpha value is -2.85. The van der Waals surface area contributed by atoms with Gasteiger partial charge in [-0.25, -0.2) is 0 Å². The zero-order chi connectivity index (χ0) is 20.1. The van der Waals surface area contributed by atoms with Crippen molar-refractivity contribution in [1.82, 2.24) is 19.2 Å². The van der Waals surface area contributed by atoms with E-state index in [1.54, 1.807) is 31.1 Å². The number of carbonyl (C=O) groups is 1. The molecule has 2 rings (SSSR count). The molecule has 144 valence electrons. The maximum absolute atomic E-state index is 12.7. The van der Waals surface area contributed by atoms with E-state index in [-0.39, 0.29) is 17.5 Å². The number of ether oxygens (including phenoxy) is 1. The Balaban J connectivity index is 2.26. The number of carbonyl (C=O) groups excluding carboxylic acids is 1. The standard InChI is InChI=1S/C20H27N5O2/c1-14-7-18(16(3)25(14)15(2)13-27-6)8-19(9-21)20(26)23(4)11-17-10-22-24(5)12-17/h7-8,10,12,15H,11,13H2,1-6H3/b19-8-. The molecule has 2 aromatic heterocycles. The van der Waals surface area contributed by atoms with Gasteiger partial charge in [-0.1, -0.05) is 0 Å². The fourth-order valence-electron chi connectivity index (χ4n) is 3.34. The van der Waals surface area contributed by atoms with E-state index in [2.05, 4.69) is 16.6 Å². The Bertz CT molecular complexity index is 885. The number of nitrogens with zero attached hydrogens (tertiary/aromatic N) is 5. The molecule has 0 aliphatic heterocycles. The average Bonchev–Trinajstić information content (AvgIpc) is 3.14. The number of rotatable bonds is 7. The predicted octanol–water partition coefficient (Wildman–Crippen LogP) is 2.61. The van der Waals surface area contributed by atoms with Gasteiger partial charge >= 0.3 is 0 Å². The van der Waals surface area contributed by atoms with Crippen molar-refractivity contribution in [1.29, 1.82) is 5.26 Å². The lowest BCUT2D eigenvalue weighted by Crippen LogP contribution is -2.27. The first-order valence-corrected chi connectivity index (χ1v) is 8.80. The van der Waals surface area contributed by atoms with Gasteiger partial charge in [0.25, 0.3) is 5.91 Å². The minimum absolute atomic E-state index is 0.112. The van der Waals surface area contributed by atoms with Gasteiger partial charge in [0.1, 0.15) is 11.6 Å². The summed E-state index contributed by atoms with van der Waals surface area (Å²) in [6.07, 6.45) is 5.23. The van der Waals surface area contributed by atoms with Crippen molar-refractivity contribution < 1.29 is 9.53 Å². The number of hydrogen-bond donors (Lipinski definition) is 0. The number of amides is 1. The molecule has 0 bridgehead atoms. The molecule has 1 amide bonds. The highest BCUT2D eigenvalue weighted by Crippen LogP contribution is 2.23. The van der Waals surface area contributed by atoms with E-state index in [1.165, 1.54) is 4.90 Å². The summed E-state index contributed by atoms with van der Waals surface area (Å²) < 4.78 is 9.10. The molecule has 1 atom stereocenters. The highest BCUT2D eigenvalue weighted by molar-refractivity contribution is 6.01.